The third-order valence-electron chi connectivity index (χ3n) is 1.75. The van der Waals surface area contributed by atoms with Gasteiger partial charge >= 0.3 is 11.9 Å². The van der Waals surface area contributed by atoms with Crippen LogP contribution in [0.3, 0.4) is 0 Å². The maximum absolute atomic E-state index is 11.3. The van der Waals surface area contributed by atoms with Gasteiger partial charge in [-0.15, -0.1) is 12.4 Å². The van der Waals surface area contributed by atoms with Crippen LogP contribution < -0.4 is 16.8 Å². The number of halogens is 1. The van der Waals surface area contributed by atoms with Crippen LogP contribution in [0.1, 0.15) is 12.8 Å². The molecule has 7 N–H and O–H groups in total. The van der Waals surface area contributed by atoms with E-state index in [1.807, 2.05) is 5.32 Å². The van der Waals surface area contributed by atoms with Crippen molar-refractivity contribution in [2.24, 2.45) is 11.5 Å². The number of carboxylic acids is 2. The smallest absolute Gasteiger partial charge is 0.326 e. The van der Waals surface area contributed by atoms with Crippen molar-refractivity contribution >= 4 is 36.2 Å². The van der Waals surface area contributed by atoms with E-state index in [0.29, 0.717) is 0 Å². The lowest BCUT2D eigenvalue weighted by Crippen LogP contribution is -2.50. The zero-order valence-electron chi connectivity index (χ0n) is 9.16. The van der Waals surface area contributed by atoms with Crippen molar-refractivity contribution in [2.45, 2.75) is 24.9 Å². The van der Waals surface area contributed by atoms with Crippen LogP contribution in [0.15, 0.2) is 0 Å². The number of carbonyl (C=O) groups excluding carboxylic acids is 2. The summed E-state index contributed by atoms with van der Waals surface area (Å²) in [5, 5.41) is 18.9. The molecule has 0 aromatic carbocycles. The van der Waals surface area contributed by atoms with Crippen molar-refractivity contribution in [1.29, 1.82) is 0 Å². The Kier molecular flexibility index (Phi) is 8.48. The second-order valence-electron chi connectivity index (χ2n) is 3.27. The first-order valence-electron chi connectivity index (χ1n) is 4.53. The summed E-state index contributed by atoms with van der Waals surface area (Å²) in [6.07, 6.45) is -1.24. The van der Waals surface area contributed by atoms with Crippen LogP contribution in [0.25, 0.3) is 0 Å². The van der Waals surface area contributed by atoms with E-state index in [1.54, 1.807) is 0 Å². The van der Waals surface area contributed by atoms with E-state index in [1.165, 1.54) is 0 Å². The summed E-state index contributed by atoms with van der Waals surface area (Å²) in [6.45, 7) is 0. The Morgan fingerprint density at radius 3 is 1.94 bits per heavy atom. The maximum Gasteiger partial charge on any atom is 0.326 e. The summed E-state index contributed by atoms with van der Waals surface area (Å²) in [5.74, 6) is -4.66. The molecule has 0 bridgehead atoms. The second-order valence-corrected chi connectivity index (χ2v) is 3.27. The lowest BCUT2D eigenvalue weighted by Gasteiger charge is -2.15. The summed E-state index contributed by atoms with van der Waals surface area (Å²) in [5.41, 5.74) is 10.0. The molecule has 10 heteroatoms. The molecule has 0 saturated heterocycles. The summed E-state index contributed by atoms with van der Waals surface area (Å²) >= 11 is 0. The van der Waals surface area contributed by atoms with Gasteiger partial charge in [0, 0.05) is 0 Å². The number of hydrogen-bond acceptors (Lipinski definition) is 5. The Balaban J connectivity index is 0. The Morgan fingerprint density at radius 2 is 1.61 bits per heavy atom. The molecule has 104 valence electrons. The molecule has 9 nitrogen and oxygen atoms in total. The van der Waals surface area contributed by atoms with Crippen LogP contribution in [0.4, 0.5) is 0 Å². The van der Waals surface area contributed by atoms with E-state index in [9.17, 15) is 19.2 Å². The highest BCUT2D eigenvalue weighted by Crippen LogP contribution is 1.95. The molecule has 0 unspecified atom stereocenters. The SMILES string of the molecule is Cl.NC(=O)C[C@H](N)C(=O)N[C@@H](CC(=O)O)C(=O)O. The molecule has 0 aliphatic rings. The standard InChI is InChI=1S/C8H13N3O6.ClH/c9-3(1-5(10)12)7(15)11-4(8(16)17)2-6(13)14;/h3-4H,1-2,9H2,(H2,10,12)(H,11,15)(H,13,14)(H,16,17);1H/t3-,4-;/m0./s1. The molecule has 0 rings (SSSR count). The number of primary amides is 1. The van der Waals surface area contributed by atoms with Gasteiger partial charge in [-0.1, -0.05) is 0 Å². The van der Waals surface area contributed by atoms with Crippen molar-refractivity contribution in [1.82, 2.24) is 5.32 Å². The zero-order valence-corrected chi connectivity index (χ0v) is 9.98. The predicted molar refractivity (Wildman–Crippen MR) is 60.9 cm³/mol. The molecule has 0 radical (unpaired) electrons. The highest BCUT2D eigenvalue weighted by Gasteiger charge is 2.26. The molecular formula is C8H14ClN3O6. The van der Waals surface area contributed by atoms with Crippen molar-refractivity contribution in [2.75, 3.05) is 0 Å². The van der Waals surface area contributed by atoms with Crippen LogP contribution in [0.2, 0.25) is 0 Å². The van der Waals surface area contributed by atoms with Crippen LogP contribution in [-0.2, 0) is 19.2 Å². The minimum atomic E-state index is -1.60. The fourth-order valence-electron chi connectivity index (χ4n) is 0.963. The van der Waals surface area contributed by atoms with Gasteiger partial charge in [-0.05, 0) is 0 Å². The topological polar surface area (TPSA) is 173 Å². The Hall–Kier alpha value is -1.87. The average molecular weight is 284 g/mol. The number of carbonyl (C=O) groups is 4. The van der Waals surface area contributed by atoms with Crippen molar-refractivity contribution in [3.05, 3.63) is 0 Å². The summed E-state index contributed by atoms with van der Waals surface area (Å²) in [4.78, 5) is 42.7. The molecule has 2 amide bonds. The van der Waals surface area contributed by atoms with Gasteiger partial charge in [0.25, 0.3) is 0 Å². The molecule has 0 saturated carbocycles. The van der Waals surface area contributed by atoms with Crippen LogP contribution in [0.5, 0.6) is 0 Å². The molecule has 0 aliphatic carbocycles. The summed E-state index contributed by atoms with van der Waals surface area (Å²) in [7, 11) is 0. The Bertz CT molecular complexity index is 348. The van der Waals surface area contributed by atoms with Crippen molar-refractivity contribution < 1.29 is 29.4 Å². The number of rotatable bonds is 7. The molecule has 2 atom stereocenters. The average Bonchev–Trinajstić information content (AvgIpc) is 2.14. The normalized spacial score (nSPS) is 12.7. The quantitative estimate of drug-likeness (QED) is 0.348. The number of nitrogens with one attached hydrogen (secondary N) is 1. The Labute approximate surface area is 108 Å². The zero-order chi connectivity index (χ0) is 13.6. The van der Waals surface area contributed by atoms with E-state index in [4.69, 9.17) is 21.7 Å². The number of nitrogens with two attached hydrogens (primary N) is 2. The van der Waals surface area contributed by atoms with Gasteiger partial charge in [0.2, 0.25) is 11.8 Å². The first-order chi connectivity index (χ1) is 7.73. The van der Waals surface area contributed by atoms with E-state index >= 15 is 0 Å². The minimum absolute atomic E-state index is 0. The largest absolute Gasteiger partial charge is 0.481 e. The predicted octanol–water partition coefficient (Wildman–Crippen LogP) is -2.34. The van der Waals surface area contributed by atoms with E-state index in [0.717, 1.165) is 0 Å². The van der Waals surface area contributed by atoms with Crippen LogP contribution >= 0.6 is 12.4 Å². The van der Waals surface area contributed by atoms with Crippen molar-refractivity contribution in [3.8, 4) is 0 Å². The van der Waals surface area contributed by atoms with E-state index < -0.39 is 48.7 Å². The van der Waals surface area contributed by atoms with Gasteiger partial charge in [-0.3, -0.25) is 14.4 Å². The van der Waals surface area contributed by atoms with Gasteiger partial charge < -0.3 is 27.0 Å². The highest BCUT2D eigenvalue weighted by atomic mass is 35.5. The van der Waals surface area contributed by atoms with Gasteiger partial charge in [0.1, 0.15) is 6.04 Å². The number of hydrogen-bond donors (Lipinski definition) is 5. The first kappa shape index (κ1) is 18.5. The summed E-state index contributed by atoms with van der Waals surface area (Å²) in [6, 6.07) is -2.90. The molecule has 0 aliphatic heterocycles. The number of amides is 2. The molecule has 0 heterocycles. The molecule has 0 aromatic heterocycles. The minimum Gasteiger partial charge on any atom is -0.481 e. The first-order valence-corrected chi connectivity index (χ1v) is 4.53. The second kappa shape index (κ2) is 8.25. The fraction of sp³-hybridized carbons (Fsp3) is 0.500. The molecule has 18 heavy (non-hydrogen) atoms. The molecule has 0 fully saturated rings. The van der Waals surface area contributed by atoms with Crippen LogP contribution in [-0.4, -0.2) is 46.0 Å². The maximum atomic E-state index is 11.3. The van der Waals surface area contributed by atoms with Crippen molar-refractivity contribution in [3.63, 3.8) is 0 Å². The fourth-order valence-corrected chi connectivity index (χ4v) is 0.963. The number of aliphatic carboxylic acids is 2. The van der Waals surface area contributed by atoms with Gasteiger partial charge in [-0.25, -0.2) is 4.79 Å². The summed E-state index contributed by atoms with van der Waals surface area (Å²) < 4.78 is 0. The third-order valence-corrected chi connectivity index (χ3v) is 1.75. The number of carboxylic acid groups (broad SMARTS) is 2. The van der Waals surface area contributed by atoms with Gasteiger partial charge in [0.15, 0.2) is 0 Å². The van der Waals surface area contributed by atoms with Gasteiger partial charge in [0.05, 0.1) is 18.9 Å². The molecule has 0 spiro atoms. The Morgan fingerprint density at radius 1 is 1.11 bits per heavy atom. The van der Waals surface area contributed by atoms with E-state index in [-0.39, 0.29) is 12.4 Å². The van der Waals surface area contributed by atoms with Crippen LogP contribution in [0, 0.1) is 0 Å². The third kappa shape index (κ3) is 7.41. The monoisotopic (exact) mass is 283 g/mol. The molecular weight excluding hydrogens is 270 g/mol. The van der Waals surface area contributed by atoms with Gasteiger partial charge in [-0.2, -0.15) is 0 Å². The molecule has 0 aromatic rings. The highest BCUT2D eigenvalue weighted by molar-refractivity contribution is 5.91. The lowest BCUT2D eigenvalue weighted by molar-refractivity contribution is -0.147. The van der Waals surface area contributed by atoms with E-state index in [2.05, 4.69) is 0 Å². The lowest BCUT2D eigenvalue weighted by atomic mass is 10.1.